The molecule has 4 aromatic carbocycles. The van der Waals surface area contributed by atoms with E-state index in [9.17, 15) is 9.59 Å². The topological polar surface area (TPSA) is 170 Å². The summed E-state index contributed by atoms with van der Waals surface area (Å²) in [5.74, 6) is 2.19. The van der Waals surface area contributed by atoms with Gasteiger partial charge in [0.15, 0.2) is 21.5 Å². The Morgan fingerprint density at radius 3 is 1.11 bits per heavy atom. The van der Waals surface area contributed by atoms with Crippen LogP contribution in [0.5, 0.6) is 34.5 Å². The molecule has 292 valence electrons. The van der Waals surface area contributed by atoms with Crippen molar-refractivity contribution in [3.05, 3.63) is 93.9 Å². The number of carbonyl (C=O) groups excluding carboxylic acids is 2. The van der Waals surface area contributed by atoms with Crippen LogP contribution >= 0.6 is 38.8 Å². The molecule has 0 atom stereocenters. The van der Waals surface area contributed by atoms with E-state index in [1.54, 1.807) is 74.9 Å². The number of carbonyl (C=O) groups is 2. The summed E-state index contributed by atoms with van der Waals surface area (Å²) in [5.41, 5.74) is 2.26. The van der Waals surface area contributed by atoms with Crippen molar-refractivity contribution in [1.29, 1.82) is 10.8 Å². The summed E-state index contributed by atoms with van der Waals surface area (Å²) < 4.78 is 32.1. The Bertz CT molecular complexity index is 1810. The minimum absolute atomic E-state index is 0.229. The average molecular weight is 892 g/mol. The Morgan fingerprint density at radius 2 is 0.855 bits per heavy atom. The van der Waals surface area contributed by atoms with Crippen molar-refractivity contribution in [2.75, 3.05) is 51.3 Å². The fourth-order valence-corrected chi connectivity index (χ4v) is 4.42. The van der Waals surface area contributed by atoms with Gasteiger partial charge in [0, 0.05) is 23.3 Å². The number of hydrogen-bond acceptors (Lipinski definition) is 10. The Morgan fingerprint density at radius 1 is 0.564 bits per heavy atom. The van der Waals surface area contributed by atoms with Crippen LogP contribution in [-0.4, -0.2) is 52.5 Å². The second-order valence-corrected chi connectivity index (χ2v) is 38.3. The average Bonchev–Trinajstić information content (AvgIpc) is 3.16. The number of diazo groups is 2. The fourth-order valence-electron chi connectivity index (χ4n) is 4.42. The molecule has 0 bridgehead atoms. The van der Waals surface area contributed by atoms with Gasteiger partial charge in [-0.25, -0.2) is 0 Å². The standard InChI is InChI=1S/2C18H19N3O4.4ClH.Zn/c2*1-4-24-16-11-15(21-19)17(25-5-2)10-14(16)20-18(22)12-6-8-13(23-3)9-7-12;;;;;/h2*6-11H,4-5H2,1-3H3;4*1H;/q;;;;;;+2/p-2. The number of hydrogen-bond donors (Lipinski definition) is 2. The number of methoxy groups -OCH3 is 2. The number of ether oxygens (including phenoxy) is 6. The van der Waals surface area contributed by atoms with E-state index in [1.807, 2.05) is 27.7 Å². The van der Waals surface area contributed by atoms with Crippen molar-refractivity contribution < 1.29 is 48.8 Å². The summed E-state index contributed by atoms with van der Waals surface area (Å²) in [4.78, 5) is 31.3. The molecule has 14 nitrogen and oxygen atoms in total. The second kappa shape index (κ2) is 23.9. The third-order valence-electron chi connectivity index (χ3n) is 6.74. The van der Waals surface area contributed by atoms with E-state index in [4.69, 9.17) is 78.0 Å². The van der Waals surface area contributed by atoms with E-state index < -0.39 is 10.8 Å². The molecule has 0 aromatic heterocycles. The Kier molecular flexibility index (Phi) is 20.2. The number of amides is 2. The van der Waals surface area contributed by atoms with Crippen LogP contribution in [0.25, 0.3) is 9.95 Å². The molecule has 0 fully saturated rings. The maximum absolute atomic E-state index is 12.5. The van der Waals surface area contributed by atoms with E-state index in [-0.39, 0.29) is 23.2 Å². The van der Waals surface area contributed by atoms with E-state index in [0.29, 0.717) is 83.4 Å². The van der Waals surface area contributed by atoms with Crippen LogP contribution < -0.4 is 39.1 Å². The molecule has 0 radical (unpaired) electrons. The molecule has 0 unspecified atom stereocenters. The quantitative estimate of drug-likeness (QED) is 0.0917. The molecule has 55 heavy (non-hydrogen) atoms. The summed E-state index contributed by atoms with van der Waals surface area (Å²) in [6.07, 6.45) is 0. The number of nitrogens with one attached hydrogen (secondary N) is 2. The van der Waals surface area contributed by atoms with Gasteiger partial charge in [-0.05, 0) is 76.2 Å². The van der Waals surface area contributed by atoms with Gasteiger partial charge in [-0.2, -0.15) is 0 Å². The summed E-state index contributed by atoms with van der Waals surface area (Å²) >= 11 is 0. The third-order valence-corrected chi connectivity index (χ3v) is 6.74. The van der Waals surface area contributed by atoms with Gasteiger partial charge < -0.3 is 39.1 Å². The summed E-state index contributed by atoms with van der Waals surface area (Å²) in [7, 11) is 19.9. The molecule has 0 aliphatic carbocycles. The van der Waals surface area contributed by atoms with Gasteiger partial charge in [0.2, 0.25) is 22.3 Å². The first kappa shape index (κ1) is 46.4. The van der Waals surface area contributed by atoms with Crippen LogP contribution in [0.3, 0.4) is 0 Å². The van der Waals surface area contributed by atoms with E-state index in [0.717, 1.165) is 0 Å². The molecule has 0 saturated carbocycles. The summed E-state index contributed by atoms with van der Waals surface area (Å²) in [5, 5.41) is 23.8. The predicted octanol–water partition coefficient (Wildman–Crippen LogP) is 11.2. The zero-order valence-corrected chi connectivity index (χ0v) is 37.0. The predicted molar refractivity (Wildman–Crippen MR) is 212 cm³/mol. The molecule has 2 N–H and O–H groups in total. The number of anilines is 2. The van der Waals surface area contributed by atoms with Crippen LogP contribution in [0.4, 0.5) is 22.7 Å². The molecule has 19 heteroatoms. The van der Waals surface area contributed by atoms with Crippen molar-refractivity contribution in [3.63, 3.8) is 0 Å². The van der Waals surface area contributed by atoms with Crippen molar-refractivity contribution in [3.8, 4) is 34.5 Å². The van der Waals surface area contributed by atoms with E-state index in [2.05, 4.69) is 20.6 Å². The zero-order valence-electron chi connectivity index (χ0n) is 31.0. The van der Waals surface area contributed by atoms with E-state index >= 15 is 0 Å². The normalized spacial score (nSPS) is 10.0. The van der Waals surface area contributed by atoms with Gasteiger partial charge >= 0.3 is 61.0 Å². The molecule has 4 rings (SSSR count). The van der Waals surface area contributed by atoms with Crippen molar-refractivity contribution >= 4 is 73.3 Å². The van der Waals surface area contributed by atoms with Crippen LogP contribution in [-0.2, 0) is 10.8 Å². The first-order chi connectivity index (χ1) is 26.2. The monoisotopic (exact) mass is 888 g/mol. The second-order valence-electron chi connectivity index (χ2n) is 10.5. The van der Waals surface area contributed by atoms with Crippen molar-refractivity contribution in [2.45, 2.75) is 27.7 Å². The van der Waals surface area contributed by atoms with Gasteiger partial charge in [-0.15, -0.1) is 0 Å². The summed E-state index contributed by atoms with van der Waals surface area (Å²) in [6, 6.07) is 19.6. The first-order valence-electron chi connectivity index (χ1n) is 16.8. The maximum atomic E-state index is 12.5. The molecule has 0 heterocycles. The molecule has 0 aliphatic heterocycles. The third kappa shape index (κ3) is 15.9. The number of rotatable bonds is 14. The van der Waals surface area contributed by atoms with Gasteiger partial charge in [0.25, 0.3) is 11.8 Å². The van der Waals surface area contributed by atoms with Crippen LogP contribution in [0, 0.1) is 10.8 Å². The SMILES string of the molecule is CCOc1cc(NC(=O)c2ccc(OC)cc2)c(OCC)cc1[N+]#N.CCOc1cc(NC(=O)c2ccc(OC)cc2)c(OCC)cc1[N+]#N.[Cl][Zn-2]([Cl])([Cl])[Cl]. The minimum atomic E-state index is -3.36. The van der Waals surface area contributed by atoms with Crippen LogP contribution in [0.1, 0.15) is 48.4 Å². The van der Waals surface area contributed by atoms with Crippen LogP contribution in [0.15, 0.2) is 72.8 Å². The molecular formula is C36H40Cl4N6O8Zn. The van der Waals surface area contributed by atoms with Crippen molar-refractivity contribution in [2.24, 2.45) is 0 Å². The Hall–Kier alpha value is -4.76. The number of halogens is 4. The molecule has 0 spiro atoms. The molecule has 2 amide bonds. The molecule has 0 aliphatic rings. The summed E-state index contributed by atoms with van der Waals surface area (Å²) in [6.45, 7) is 8.84. The van der Waals surface area contributed by atoms with E-state index in [1.165, 1.54) is 12.1 Å². The number of nitrogens with zero attached hydrogens (tertiary/aromatic N) is 4. The first-order valence-corrected chi connectivity index (χ1v) is 32.4. The zero-order chi connectivity index (χ0) is 41.0. The van der Waals surface area contributed by atoms with Gasteiger partial charge in [-0.3, -0.25) is 9.59 Å². The number of benzene rings is 4. The van der Waals surface area contributed by atoms with Gasteiger partial charge in [0.1, 0.15) is 11.5 Å². The van der Waals surface area contributed by atoms with Crippen molar-refractivity contribution in [1.82, 2.24) is 0 Å². The van der Waals surface area contributed by atoms with Gasteiger partial charge in [-0.1, -0.05) is 0 Å². The van der Waals surface area contributed by atoms with Gasteiger partial charge in [0.05, 0.1) is 64.2 Å². The molecule has 4 aromatic rings. The Balaban J connectivity index is 0.000000338. The van der Waals surface area contributed by atoms with Crippen LogP contribution in [0.2, 0.25) is 0 Å². The molecule has 0 saturated heterocycles. The molecular weight excluding hydrogens is 852 g/mol. The Labute approximate surface area is 338 Å². The fraction of sp³-hybridized carbons (Fsp3) is 0.278.